The van der Waals surface area contributed by atoms with Crippen LogP contribution in [0.2, 0.25) is 0 Å². The summed E-state index contributed by atoms with van der Waals surface area (Å²) < 4.78 is 11.3. The molecule has 0 aliphatic rings. The maximum Gasteiger partial charge on any atom is 0.119 e. The van der Waals surface area contributed by atoms with Crippen molar-refractivity contribution in [3.63, 3.8) is 0 Å². The monoisotopic (exact) mass is 301 g/mol. The summed E-state index contributed by atoms with van der Waals surface area (Å²) in [4.78, 5) is 0.396. The summed E-state index contributed by atoms with van der Waals surface area (Å²) in [7, 11) is 0. The van der Waals surface area contributed by atoms with Gasteiger partial charge in [-0.2, -0.15) is 0 Å². The van der Waals surface area contributed by atoms with Crippen LogP contribution in [0.15, 0.2) is 48.5 Å². The standard InChI is InChI=1S/C17H19NO2S/c1-13-4-2-5-16(12-13)20-11-3-10-19-15-8-6-14(7-9-15)17(18)21/h2,4-9,12H,3,10-11H2,1H3,(H2,18,21). The average Bonchev–Trinajstić information content (AvgIpc) is 2.47. The predicted molar refractivity (Wildman–Crippen MR) is 89.1 cm³/mol. The molecule has 0 amide bonds. The molecule has 0 aromatic heterocycles. The van der Waals surface area contributed by atoms with Crippen LogP contribution in [-0.4, -0.2) is 18.2 Å². The normalized spacial score (nSPS) is 10.1. The number of aryl methyl sites for hydroxylation is 1. The molecule has 0 heterocycles. The van der Waals surface area contributed by atoms with Crippen LogP contribution in [-0.2, 0) is 0 Å². The minimum atomic E-state index is 0.396. The molecule has 2 N–H and O–H groups in total. The molecule has 0 spiro atoms. The van der Waals surface area contributed by atoms with Gasteiger partial charge in [0.25, 0.3) is 0 Å². The highest BCUT2D eigenvalue weighted by Crippen LogP contribution is 2.14. The van der Waals surface area contributed by atoms with Crippen molar-refractivity contribution < 1.29 is 9.47 Å². The highest BCUT2D eigenvalue weighted by Gasteiger charge is 1.98. The molecule has 0 unspecified atom stereocenters. The molecular weight excluding hydrogens is 282 g/mol. The number of benzene rings is 2. The Balaban J connectivity index is 1.69. The van der Waals surface area contributed by atoms with E-state index in [-0.39, 0.29) is 0 Å². The Morgan fingerprint density at radius 1 is 1.00 bits per heavy atom. The summed E-state index contributed by atoms with van der Waals surface area (Å²) in [6, 6.07) is 15.5. The zero-order chi connectivity index (χ0) is 15.1. The predicted octanol–water partition coefficient (Wildman–Crippen LogP) is 3.48. The van der Waals surface area contributed by atoms with Gasteiger partial charge in [0, 0.05) is 12.0 Å². The Hall–Kier alpha value is -2.07. The SMILES string of the molecule is Cc1cccc(OCCCOc2ccc(C(N)=S)cc2)c1. The van der Waals surface area contributed by atoms with Crippen molar-refractivity contribution in [2.24, 2.45) is 5.73 Å². The first kappa shape index (κ1) is 15.3. The highest BCUT2D eigenvalue weighted by molar-refractivity contribution is 7.80. The van der Waals surface area contributed by atoms with E-state index in [1.54, 1.807) is 0 Å². The molecular formula is C17H19NO2S. The quantitative estimate of drug-likeness (QED) is 0.628. The van der Waals surface area contributed by atoms with Gasteiger partial charge in [-0.3, -0.25) is 0 Å². The maximum absolute atomic E-state index is 5.66. The number of hydrogen-bond donors (Lipinski definition) is 1. The molecule has 21 heavy (non-hydrogen) atoms. The Morgan fingerprint density at radius 2 is 1.67 bits per heavy atom. The van der Waals surface area contributed by atoms with Crippen molar-refractivity contribution in [2.75, 3.05) is 13.2 Å². The number of rotatable bonds is 7. The largest absolute Gasteiger partial charge is 0.493 e. The second-order valence-electron chi connectivity index (χ2n) is 4.76. The summed E-state index contributed by atoms with van der Waals surface area (Å²) in [5, 5.41) is 0. The van der Waals surface area contributed by atoms with Crippen LogP contribution in [0.4, 0.5) is 0 Å². The number of hydrogen-bond acceptors (Lipinski definition) is 3. The molecule has 0 bridgehead atoms. The van der Waals surface area contributed by atoms with E-state index in [1.807, 2.05) is 55.5 Å². The summed E-state index contributed by atoms with van der Waals surface area (Å²) in [6.45, 7) is 3.29. The van der Waals surface area contributed by atoms with Crippen LogP contribution < -0.4 is 15.2 Å². The third-order valence-electron chi connectivity index (χ3n) is 2.95. The molecule has 2 aromatic rings. The Morgan fingerprint density at radius 3 is 2.29 bits per heavy atom. The van der Waals surface area contributed by atoms with Crippen LogP contribution in [0.25, 0.3) is 0 Å². The number of thiocarbonyl (C=S) groups is 1. The third kappa shape index (κ3) is 5.08. The lowest BCUT2D eigenvalue weighted by atomic mass is 10.2. The minimum absolute atomic E-state index is 0.396. The second-order valence-corrected chi connectivity index (χ2v) is 5.20. The van der Waals surface area contributed by atoms with E-state index in [0.717, 1.165) is 23.5 Å². The molecule has 0 radical (unpaired) electrons. The van der Waals surface area contributed by atoms with Crippen molar-refractivity contribution in [1.29, 1.82) is 0 Å². The molecule has 2 aromatic carbocycles. The van der Waals surface area contributed by atoms with Crippen LogP contribution in [0, 0.1) is 6.92 Å². The minimum Gasteiger partial charge on any atom is -0.493 e. The molecule has 110 valence electrons. The Labute approximate surface area is 130 Å². The van der Waals surface area contributed by atoms with Crippen LogP contribution in [0.3, 0.4) is 0 Å². The van der Waals surface area contributed by atoms with E-state index in [2.05, 4.69) is 0 Å². The van der Waals surface area contributed by atoms with Gasteiger partial charge in [0.2, 0.25) is 0 Å². The van der Waals surface area contributed by atoms with Crippen molar-refractivity contribution in [2.45, 2.75) is 13.3 Å². The van der Waals surface area contributed by atoms with Gasteiger partial charge in [0.1, 0.15) is 16.5 Å². The summed E-state index contributed by atoms with van der Waals surface area (Å²) in [5.74, 6) is 1.71. The first-order valence-electron chi connectivity index (χ1n) is 6.87. The van der Waals surface area contributed by atoms with Crippen molar-refractivity contribution >= 4 is 17.2 Å². The maximum atomic E-state index is 5.66. The van der Waals surface area contributed by atoms with Gasteiger partial charge in [0.05, 0.1) is 13.2 Å². The second kappa shape index (κ2) is 7.64. The first-order valence-corrected chi connectivity index (χ1v) is 7.28. The third-order valence-corrected chi connectivity index (χ3v) is 3.19. The highest BCUT2D eigenvalue weighted by atomic mass is 32.1. The Kier molecular flexibility index (Phi) is 5.58. The molecule has 3 nitrogen and oxygen atoms in total. The smallest absolute Gasteiger partial charge is 0.119 e. The van der Waals surface area contributed by atoms with E-state index in [0.29, 0.717) is 18.2 Å². The fourth-order valence-corrected chi connectivity index (χ4v) is 2.00. The van der Waals surface area contributed by atoms with E-state index in [9.17, 15) is 0 Å². The van der Waals surface area contributed by atoms with Gasteiger partial charge in [-0.25, -0.2) is 0 Å². The summed E-state index contributed by atoms with van der Waals surface area (Å²) in [6.07, 6.45) is 0.824. The van der Waals surface area contributed by atoms with E-state index in [1.165, 1.54) is 5.56 Å². The fraction of sp³-hybridized carbons (Fsp3) is 0.235. The molecule has 0 saturated carbocycles. The molecule has 0 aliphatic carbocycles. The van der Waals surface area contributed by atoms with Crippen LogP contribution >= 0.6 is 12.2 Å². The van der Waals surface area contributed by atoms with Crippen molar-refractivity contribution in [3.05, 3.63) is 59.7 Å². The van der Waals surface area contributed by atoms with E-state index < -0.39 is 0 Å². The van der Waals surface area contributed by atoms with Gasteiger partial charge in [-0.05, 0) is 48.9 Å². The molecule has 0 fully saturated rings. The topological polar surface area (TPSA) is 44.5 Å². The Bertz CT molecular complexity index is 596. The zero-order valence-electron chi connectivity index (χ0n) is 12.0. The molecule has 0 atom stereocenters. The lowest BCUT2D eigenvalue weighted by molar-refractivity contribution is 0.247. The van der Waals surface area contributed by atoms with Crippen LogP contribution in [0.1, 0.15) is 17.5 Å². The average molecular weight is 301 g/mol. The molecule has 0 aliphatic heterocycles. The van der Waals surface area contributed by atoms with Gasteiger partial charge in [-0.15, -0.1) is 0 Å². The fourth-order valence-electron chi connectivity index (χ4n) is 1.86. The van der Waals surface area contributed by atoms with Gasteiger partial charge in [-0.1, -0.05) is 24.4 Å². The van der Waals surface area contributed by atoms with Gasteiger partial charge < -0.3 is 15.2 Å². The molecule has 4 heteroatoms. The lowest BCUT2D eigenvalue weighted by Gasteiger charge is -2.09. The summed E-state index contributed by atoms with van der Waals surface area (Å²) >= 11 is 4.90. The van der Waals surface area contributed by atoms with E-state index >= 15 is 0 Å². The van der Waals surface area contributed by atoms with Gasteiger partial charge in [0.15, 0.2) is 0 Å². The number of nitrogens with two attached hydrogens (primary N) is 1. The first-order chi connectivity index (χ1) is 10.1. The van der Waals surface area contributed by atoms with Crippen LogP contribution in [0.5, 0.6) is 11.5 Å². The zero-order valence-corrected chi connectivity index (χ0v) is 12.9. The van der Waals surface area contributed by atoms with E-state index in [4.69, 9.17) is 27.4 Å². The lowest BCUT2D eigenvalue weighted by Crippen LogP contribution is -2.09. The summed E-state index contributed by atoms with van der Waals surface area (Å²) in [5.41, 5.74) is 7.59. The van der Waals surface area contributed by atoms with Crippen molar-refractivity contribution in [3.8, 4) is 11.5 Å². The van der Waals surface area contributed by atoms with Crippen molar-refractivity contribution in [1.82, 2.24) is 0 Å². The molecule has 0 saturated heterocycles. The number of ether oxygens (including phenoxy) is 2. The van der Waals surface area contributed by atoms with Gasteiger partial charge >= 0.3 is 0 Å². The molecule has 2 rings (SSSR count).